The molecule has 1 aliphatic heterocycles. The molecule has 1 saturated heterocycles. The van der Waals surface area contributed by atoms with Crippen LogP contribution in [0.25, 0.3) is 0 Å². The second kappa shape index (κ2) is 10.3. The van der Waals surface area contributed by atoms with Crippen molar-refractivity contribution in [2.75, 3.05) is 26.2 Å². The predicted molar refractivity (Wildman–Crippen MR) is 112 cm³/mol. The lowest BCUT2D eigenvalue weighted by Crippen LogP contribution is -2.46. The largest absolute Gasteiger partial charge is 0.357 e. The average Bonchev–Trinajstić information content (AvgIpc) is 3.01. The number of aliphatic imine (C=N–C) groups is 1. The predicted octanol–water partition coefficient (Wildman–Crippen LogP) is 2.22. The Morgan fingerprint density at radius 1 is 1.15 bits per heavy atom. The van der Waals surface area contributed by atoms with Crippen LogP contribution in [0.15, 0.2) is 29.3 Å². The monoisotopic (exact) mass is 373 g/mol. The van der Waals surface area contributed by atoms with Crippen molar-refractivity contribution in [3.05, 3.63) is 35.4 Å². The summed E-state index contributed by atoms with van der Waals surface area (Å²) in [5.41, 5.74) is 1.77. The van der Waals surface area contributed by atoms with Gasteiger partial charge in [0.2, 0.25) is 0 Å². The highest BCUT2D eigenvalue weighted by atomic mass is 16.1. The average molecular weight is 374 g/mol. The van der Waals surface area contributed by atoms with Crippen molar-refractivity contribution in [2.24, 2.45) is 10.9 Å². The van der Waals surface area contributed by atoms with Crippen LogP contribution in [0.5, 0.6) is 0 Å². The minimum atomic E-state index is -0.0347. The van der Waals surface area contributed by atoms with Gasteiger partial charge in [0, 0.05) is 43.8 Å². The van der Waals surface area contributed by atoms with E-state index >= 15 is 0 Å². The van der Waals surface area contributed by atoms with Crippen molar-refractivity contribution >= 4 is 11.9 Å². The van der Waals surface area contributed by atoms with Gasteiger partial charge in [0.1, 0.15) is 0 Å². The second-order valence-electron chi connectivity index (χ2n) is 7.53. The molecule has 3 N–H and O–H groups in total. The molecule has 1 aromatic carbocycles. The Morgan fingerprint density at radius 3 is 2.37 bits per heavy atom. The SMILES string of the molecule is CCNC(=O)c1ccc(CN=C(NCC)NC2CN(C(C)C)CC2C)cc1. The van der Waals surface area contributed by atoms with Crippen LogP contribution in [-0.2, 0) is 6.54 Å². The molecule has 0 saturated carbocycles. The molecule has 150 valence electrons. The van der Waals surface area contributed by atoms with Gasteiger partial charge in [0.15, 0.2) is 5.96 Å². The number of carbonyl (C=O) groups excluding carboxylic acids is 1. The molecule has 2 unspecified atom stereocenters. The Labute approximate surface area is 163 Å². The van der Waals surface area contributed by atoms with E-state index in [4.69, 9.17) is 4.99 Å². The number of benzene rings is 1. The summed E-state index contributed by atoms with van der Waals surface area (Å²) in [6.07, 6.45) is 0. The topological polar surface area (TPSA) is 68.8 Å². The molecular weight excluding hydrogens is 338 g/mol. The molecular formula is C21H35N5O. The number of likely N-dealkylation sites (tertiary alicyclic amines) is 1. The van der Waals surface area contributed by atoms with Gasteiger partial charge >= 0.3 is 0 Å². The molecule has 2 atom stereocenters. The zero-order valence-electron chi connectivity index (χ0n) is 17.4. The van der Waals surface area contributed by atoms with E-state index in [0.29, 0.717) is 36.7 Å². The number of nitrogens with zero attached hydrogens (tertiary/aromatic N) is 2. The smallest absolute Gasteiger partial charge is 0.251 e. The quantitative estimate of drug-likeness (QED) is 0.506. The molecule has 1 fully saturated rings. The van der Waals surface area contributed by atoms with Gasteiger partial charge in [-0.05, 0) is 51.3 Å². The van der Waals surface area contributed by atoms with E-state index in [2.05, 4.69) is 48.5 Å². The van der Waals surface area contributed by atoms with Crippen LogP contribution in [0, 0.1) is 5.92 Å². The fraction of sp³-hybridized carbons (Fsp3) is 0.619. The van der Waals surface area contributed by atoms with E-state index in [1.54, 1.807) is 0 Å². The molecule has 0 radical (unpaired) electrons. The highest BCUT2D eigenvalue weighted by Gasteiger charge is 2.31. The number of carbonyl (C=O) groups is 1. The van der Waals surface area contributed by atoms with Gasteiger partial charge in [0.25, 0.3) is 5.91 Å². The summed E-state index contributed by atoms with van der Waals surface area (Å²) < 4.78 is 0. The second-order valence-corrected chi connectivity index (χ2v) is 7.53. The lowest BCUT2D eigenvalue weighted by molar-refractivity contribution is 0.0956. The molecule has 1 aromatic rings. The Morgan fingerprint density at radius 2 is 1.81 bits per heavy atom. The summed E-state index contributed by atoms with van der Waals surface area (Å²) in [6.45, 7) is 15.0. The third-order valence-corrected chi connectivity index (χ3v) is 5.01. The summed E-state index contributed by atoms with van der Waals surface area (Å²) in [6, 6.07) is 8.63. The van der Waals surface area contributed by atoms with E-state index in [-0.39, 0.29) is 5.91 Å². The molecule has 6 nitrogen and oxygen atoms in total. The Kier molecular flexibility index (Phi) is 8.10. The first-order chi connectivity index (χ1) is 12.9. The van der Waals surface area contributed by atoms with E-state index < -0.39 is 0 Å². The number of hydrogen-bond acceptors (Lipinski definition) is 3. The fourth-order valence-corrected chi connectivity index (χ4v) is 3.30. The van der Waals surface area contributed by atoms with Gasteiger partial charge in [-0.2, -0.15) is 0 Å². The van der Waals surface area contributed by atoms with Crippen molar-refractivity contribution in [3.8, 4) is 0 Å². The van der Waals surface area contributed by atoms with Gasteiger partial charge < -0.3 is 16.0 Å². The molecule has 6 heteroatoms. The minimum Gasteiger partial charge on any atom is -0.357 e. The molecule has 1 heterocycles. The number of rotatable bonds is 7. The maximum Gasteiger partial charge on any atom is 0.251 e. The van der Waals surface area contributed by atoms with E-state index in [1.807, 2.05) is 31.2 Å². The maximum atomic E-state index is 11.8. The Hall–Kier alpha value is -2.08. The third-order valence-electron chi connectivity index (χ3n) is 5.01. The molecule has 2 rings (SSSR count). The zero-order valence-corrected chi connectivity index (χ0v) is 17.4. The van der Waals surface area contributed by atoms with E-state index in [0.717, 1.165) is 31.2 Å². The molecule has 0 bridgehead atoms. The summed E-state index contributed by atoms with van der Waals surface area (Å²) in [5, 5.41) is 9.76. The van der Waals surface area contributed by atoms with Crippen LogP contribution < -0.4 is 16.0 Å². The van der Waals surface area contributed by atoms with Crippen LogP contribution >= 0.6 is 0 Å². The summed E-state index contributed by atoms with van der Waals surface area (Å²) in [4.78, 5) is 19.1. The van der Waals surface area contributed by atoms with Gasteiger partial charge in [-0.25, -0.2) is 4.99 Å². The first-order valence-electron chi connectivity index (χ1n) is 10.1. The van der Waals surface area contributed by atoms with Crippen LogP contribution in [-0.4, -0.2) is 55.0 Å². The molecule has 0 spiro atoms. The lowest BCUT2D eigenvalue weighted by Gasteiger charge is -2.22. The first kappa shape index (κ1) is 21.2. The molecule has 1 aliphatic rings. The highest BCUT2D eigenvalue weighted by Crippen LogP contribution is 2.18. The van der Waals surface area contributed by atoms with Gasteiger partial charge in [-0.1, -0.05) is 19.1 Å². The molecule has 1 amide bonds. The summed E-state index contributed by atoms with van der Waals surface area (Å²) >= 11 is 0. The third kappa shape index (κ3) is 6.24. The number of nitrogens with one attached hydrogen (secondary N) is 3. The maximum absolute atomic E-state index is 11.8. The fourth-order valence-electron chi connectivity index (χ4n) is 3.30. The Bertz CT molecular complexity index is 626. The van der Waals surface area contributed by atoms with Gasteiger partial charge in [0.05, 0.1) is 6.54 Å². The normalized spacial score (nSPS) is 20.7. The molecule has 27 heavy (non-hydrogen) atoms. The van der Waals surface area contributed by atoms with Crippen LogP contribution in [0.4, 0.5) is 0 Å². The van der Waals surface area contributed by atoms with Crippen molar-refractivity contribution in [2.45, 2.75) is 53.2 Å². The standard InChI is InChI=1S/C21H35N5O/c1-6-22-20(27)18-10-8-17(9-11-18)12-24-21(23-7-2)25-19-14-26(15(3)4)13-16(19)5/h8-11,15-16,19H,6-7,12-14H2,1-5H3,(H,22,27)(H2,23,24,25). The number of hydrogen-bond donors (Lipinski definition) is 3. The molecule has 0 aliphatic carbocycles. The van der Waals surface area contributed by atoms with E-state index in [1.165, 1.54) is 0 Å². The Balaban J connectivity index is 1.98. The summed E-state index contributed by atoms with van der Waals surface area (Å²) in [5.74, 6) is 1.41. The zero-order chi connectivity index (χ0) is 19.8. The van der Waals surface area contributed by atoms with Gasteiger partial charge in [-0.3, -0.25) is 9.69 Å². The van der Waals surface area contributed by atoms with E-state index in [9.17, 15) is 4.79 Å². The van der Waals surface area contributed by atoms with Crippen molar-refractivity contribution < 1.29 is 4.79 Å². The number of guanidine groups is 1. The van der Waals surface area contributed by atoms with Crippen molar-refractivity contribution in [1.29, 1.82) is 0 Å². The highest BCUT2D eigenvalue weighted by molar-refractivity contribution is 5.94. The minimum absolute atomic E-state index is 0.0347. The van der Waals surface area contributed by atoms with Gasteiger partial charge in [-0.15, -0.1) is 0 Å². The van der Waals surface area contributed by atoms with Crippen molar-refractivity contribution in [1.82, 2.24) is 20.9 Å². The van der Waals surface area contributed by atoms with Crippen molar-refractivity contribution in [3.63, 3.8) is 0 Å². The summed E-state index contributed by atoms with van der Waals surface area (Å²) in [7, 11) is 0. The number of amides is 1. The lowest BCUT2D eigenvalue weighted by atomic mass is 10.1. The van der Waals surface area contributed by atoms with Crippen LogP contribution in [0.1, 0.15) is 50.5 Å². The molecule has 0 aromatic heterocycles. The van der Waals surface area contributed by atoms with Crippen LogP contribution in [0.2, 0.25) is 0 Å². The van der Waals surface area contributed by atoms with Crippen LogP contribution in [0.3, 0.4) is 0 Å². The first-order valence-corrected chi connectivity index (χ1v) is 10.1.